The van der Waals surface area contributed by atoms with Gasteiger partial charge in [-0.25, -0.2) is 4.79 Å². The highest BCUT2D eigenvalue weighted by atomic mass is 35.5. The monoisotopic (exact) mass is 194 g/mol. The third-order valence-corrected chi connectivity index (χ3v) is 1.51. The largest absolute Gasteiger partial charge is 1.00 e. The molecule has 0 aromatic carbocycles. The van der Waals surface area contributed by atoms with Crippen LogP contribution in [-0.2, 0) is 4.74 Å². The number of carbonyl (C=O) groups is 1. The first-order valence-corrected chi connectivity index (χ1v) is 3.71. The van der Waals surface area contributed by atoms with Crippen molar-refractivity contribution in [3.05, 3.63) is 0 Å². The third kappa shape index (κ3) is 3.78. The highest BCUT2D eigenvalue weighted by molar-refractivity contribution is 5.69. The molecule has 0 aromatic heterocycles. The zero-order valence-electron chi connectivity index (χ0n) is 7.63. The van der Waals surface area contributed by atoms with Gasteiger partial charge in [-0.3, -0.25) is 0 Å². The quantitative estimate of drug-likeness (QED) is 0.471. The van der Waals surface area contributed by atoms with E-state index in [4.69, 9.17) is 4.74 Å². The maximum Gasteiger partial charge on any atom is 0.407 e. The van der Waals surface area contributed by atoms with Gasteiger partial charge in [0.15, 0.2) is 0 Å². The lowest BCUT2D eigenvalue weighted by Gasteiger charge is -2.25. The van der Waals surface area contributed by atoms with Gasteiger partial charge in [-0.1, -0.05) is 0 Å². The summed E-state index contributed by atoms with van der Waals surface area (Å²) in [6.45, 7) is 1.42. The van der Waals surface area contributed by atoms with Gasteiger partial charge in [0.2, 0.25) is 0 Å². The van der Waals surface area contributed by atoms with Crippen molar-refractivity contribution in [2.75, 3.05) is 34.3 Å². The van der Waals surface area contributed by atoms with Crippen LogP contribution < -0.4 is 17.7 Å². The minimum Gasteiger partial charge on any atom is -1.00 e. The van der Waals surface area contributed by atoms with Crippen molar-refractivity contribution in [2.45, 2.75) is 6.04 Å². The molecule has 1 atom stereocenters. The standard InChI is InChI=1S/C7H14N2O2.ClH/c1-9(2,3)4-6-5-11-7(10)8-6;/h6H,4-5H2,1-3H3;1H. The number of ether oxygens (including phenoxy) is 1. The second kappa shape index (κ2) is 3.96. The van der Waals surface area contributed by atoms with Crippen LogP contribution in [0.2, 0.25) is 0 Å². The molecule has 1 unspecified atom stereocenters. The molecule has 1 fully saturated rings. The number of carbonyl (C=O) groups excluding carboxylic acids is 1. The van der Waals surface area contributed by atoms with E-state index in [0.29, 0.717) is 6.61 Å². The summed E-state index contributed by atoms with van der Waals surface area (Å²) in [4.78, 5) is 10.6. The van der Waals surface area contributed by atoms with E-state index in [0.717, 1.165) is 11.0 Å². The van der Waals surface area contributed by atoms with Crippen molar-refractivity contribution in [3.63, 3.8) is 0 Å². The minimum absolute atomic E-state index is 0. The molecule has 0 bridgehead atoms. The molecule has 5 heteroatoms. The molecule has 1 N–H and O–H groups in total. The molecule has 12 heavy (non-hydrogen) atoms. The van der Waals surface area contributed by atoms with Crippen LogP contribution in [0.4, 0.5) is 4.79 Å². The predicted octanol–water partition coefficient (Wildman–Crippen LogP) is -3.19. The average Bonchev–Trinajstić information content (AvgIpc) is 2.10. The van der Waals surface area contributed by atoms with E-state index in [1.165, 1.54) is 0 Å². The van der Waals surface area contributed by atoms with Gasteiger partial charge in [-0.15, -0.1) is 0 Å². The van der Waals surface area contributed by atoms with Crippen molar-refractivity contribution < 1.29 is 26.4 Å². The van der Waals surface area contributed by atoms with Gasteiger partial charge in [0, 0.05) is 0 Å². The Morgan fingerprint density at radius 2 is 2.17 bits per heavy atom. The second-order valence-corrected chi connectivity index (χ2v) is 3.91. The van der Waals surface area contributed by atoms with Crippen LogP contribution in [-0.4, -0.2) is 50.9 Å². The summed E-state index contributed by atoms with van der Waals surface area (Å²) in [7, 11) is 6.26. The van der Waals surface area contributed by atoms with E-state index in [9.17, 15) is 4.79 Å². The Hall–Kier alpha value is -0.480. The Labute approximate surface area is 78.9 Å². The molecule has 1 saturated heterocycles. The molecule has 0 aromatic rings. The van der Waals surface area contributed by atoms with Crippen molar-refractivity contribution in [1.29, 1.82) is 0 Å². The number of quaternary nitrogens is 1. The zero-order valence-corrected chi connectivity index (χ0v) is 8.39. The Balaban J connectivity index is 0.00000121. The van der Waals surface area contributed by atoms with E-state index in [1.54, 1.807) is 0 Å². The van der Waals surface area contributed by atoms with Crippen molar-refractivity contribution >= 4 is 6.09 Å². The molecule has 0 radical (unpaired) electrons. The highest BCUT2D eigenvalue weighted by Crippen LogP contribution is 2.01. The number of nitrogens with one attached hydrogen (secondary N) is 1. The molecule has 72 valence electrons. The maximum atomic E-state index is 10.6. The Morgan fingerprint density at radius 3 is 2.50 bits per heavy atom. The van der Waals surface area contributed by atoms with Gasteiger partial charge in [-0.05, 0) is 0 Å². The summed E-state index contributed by atoms with van der Waals surface area (Å²) in [5.41, 5.74) is 0. The summed E-state index contributed by atoms with van der Waals surface area (Å²) in [5, 5.41) is 2.73. The van der Waals surface area contributed by atoms with Gasteiger partial charge in [0.25, 0.3) is 0 Å². The number of rotatable bonds is 2. The van der Waals surface area contributed by atoms with Gasteiger partial charge < -0.3 is 26.9 Å². The van der Waals surface area contributed by atoms with Crippen LogP contribution >= 0.6 is 0 Å². The molecule has 4 nitrogen and oxygen atoms in total. The summed E-state index contributed by atoms with van der Waals surface area (Å²) < 4.78 is 5.59. The molecule has 1 rings (SSSR count). The summed E-state index contributed by atoms with van der Waals surface area (Å²) >= 11 is 0. The predicted molar refractivity (Wildman–Crippen MR) is 41.2 cm³/mol. The Bertz CT molecular complexity index is 167. The molecule has 1 heterocycles. The Kier molecular flexibility index (Phi) is 3.80. The lowest BCUT2D eigenvalue weighted by Crippen LogP contribution is -3.00. The number of alkyl carbamates (subject to hydrolysis) is 1. The Morgan fingerprint density at radius 1 is 1.58 bits per heavy atom. The number of cyclic esters (lactones) is 1. The van der Waals surface area contributed by atoms with Crippen molar-refractivity contribution in [3.8, 4) is 0 Å². The number of likely N-dealkylation sites (N-methyl/N-ethyl adjacent to an activating group) is 1. The molecular formula is C7H15ClN2O2. The molecule has 1 aliphatic heterocycles. The first-order valence-electron chi connectivity index (χ1n) is 3.71. The van der Waals surface area contributed by atoms with Gasteiger partial charge in [-0.2, -0.15) is 0 Å². The van der Waals surface area contributed by atoms with Gasteiger partial charge in [0.1, 0.15) is 19.2 Å². The fourth-order valence-corrected chi connectivity index (χ4v) is 1.19. The third-order valence-electron chi connectivity index (χ3n) is 1.51. The van der Waals surface area contributed by atoms with Crippen LogP contribution in [0.5, 0.6) is 0 Å². The van der Waals surface area contributed by atoms with Crippen LogP contribution in [0.3, 0.4) is 0 Å². The highest BCUT2D eigenvalue weighted by Gasteiger charge is 2.26. The molecule has 0 aliphatic carbocycles. The molecule has 1 aliphatic rings. The van der Waals surface area contributed by atoms with E-state index < -0.39 is 0 Å². The van der Waals surface area contributed by atoms with E-state index in [1.807, 2.05) is 0 Å². The van der Waals surface area contributed by atoms with E-state index in [2.05, 4.69) is 26.5 Å². The molecule has 1 amide bonds. The average molecular weight is 195 g/mol. The van der Waals surface area contributed by atoms with E-state index >= 15 is 0 Å². The topological polar surface area (TPSA) is 38.3 Å². The lowest BCUT2D eigenvalue weighted by molar-refractivity contribution is -0.871. The molecule has 0 saturated carbocycles. The number of hydrogen-bond donors (Lipinski definition) is 1. The summed E-state index contributed by atoms with van der Waals surface area (Å²) in [6, 6.07) is 0.183. The number of nitrogens with zero attached hydrogens (tertiary/aromatic N) is 1. The fraction of sp³-hybridized carbons (Fsp3) is 0.857. The number of halogens is 1. The fourth-order valence-electron chi connectivity index (χ4n) is 1.19. The molecular weight excluding hydrogens is 180 g/mol. The smallest absolute Gasteiger partial charge is 0.407 e. The first kappa shape index (κ1) is 11.5. The van der Waals surface area contributed by atoms with Crippen LogP contribution in [0.25, 0.3) is 0 Å². The normalized spacial score (nSPS) is 22.6. The first-order chi connectivity index (χ1) is 4.97. The lowest BCUT2D eigenvalue weighted by atomic mass is 10.3. The number of hydrogen-bond acceptors (Lipinski definition) is 2. The van der Waals surface area contributed by atoms with Gasteiger partial charge in [0.05, 0.1) is 21.1 Å². The van der Waals surface area contributed by atoms with E-state index in [-0.39, 0.29) is 24.5 Å². The maximum absolute atomic E-state index is 10.6. The molecule has 0 spiro atoms. The minimum atomic E-state index is -0.288. The van der Waals surface area contributed by atoms with Gasteiger partial charge >= 0.3 is 6.09 Å². The number of amides is 1. The summed E-state index contributed by atoms with van der Waals surface area (Å²) in [6.07, 6.45) is -0.288. The van der Waals surface area contributed by atoms with Crippen molar-refractivity contribution in [2.24, 2.45) is 0 Å². The summed E-state index contributed by atoms with van der Waals surface area (Å²) in [5.74, 6) is 0. The van der Waals surface area contributed by atoms with Crippen molar-refractivity contribution in [1.82, 2.24) is 5.32 Å². The van der Waals surface area contributed by atoms with Crippen LogP contribution in [0.1, 0.15) is 0 Å². The SMILES string of the molecule is C[N+](C)(C)CC1COC(=O)N1.[Cl-]. The van der Waals surface area contributed by atoms with Crippen LogP contribution in [0, 0.1) is 0 Å². The second-order valence-electron chi connectivity index (χ2n) is 3.91. The zero-order chi connectivity index (χ0) is 8.48. The van der Waals surface area contributed by atoms with Crippen LogP contribution in [0.15, 0.2) is 0 Å².